The van der Waals surface area contributed by atoms with Gasteiger partial charge in [-0.15, -0.1) is 0 Å². The van der Waals surface area contributed by atoms with Crippen LogP contribution >= 0.6 is 0 Å². The number of rotatable bonds is 6. The van der Waals surface area contributed by atoms with Gasteiger partial charge in [-0.2, -0.15) is 4.98 Å². The van der Waals surface area contributed by atoms with E-state index in [-0.39, 0.29) is 0 Å². The predicted octanol–water partition coefficient (Wildman–Crippen LogP) is 1.70. The van der Waals surface area contributed by atoms with Crippen molar-refractivity contribution < 1.29 is 4.74 Å². The SMILES string of the molecule is CCOc1cncc(N2CCC(CCNC)CC2)n1. The Morgan fingerprint density at radius 2 is 2.16 bits per heavy atom. The summed E-state index contributed by atoms with van der Waals surface area (Å²) in [6.45, 7) is 5.84. The molecule has 1 aliphatic heterocycles. The maximum atomic E-state index is 5.40. The summed E-state index contributed by atoms with van der Waals surface area (Å²) in [4.78, 5) is 11.0. The third kappa shape index (κ3) is 4.06. The zero-order valence-electron chi connectivity index (χ0n) is 11.9. The van der Waals surface area contributed by atoms with Crippen LogP contribution in [-0.4, -0.2) is 43.3 Å². The van der Waals surface area contributed by atoms with Crippen LogP contribution in [0, 0.1) is 5.92 Å². The summed E-state index contributed by atoms with van der Waals surface area (Å²) in [6, 6.07) is 0. The second-order valence-corrected chi connectivity index (χ2v) is 4.97. The summed E-state index contributed by atoms with van der Waals surface area (Å²) in [5, 5.41) is 3.23. The van der Waals surface area contributed by atoms with Crippen molar-refractivity contribution in [2.75, 3.05) is 38.2 Å². The average Bonchev–Trinajstić information content (AvgIpc) is 2.46. The Labute approximate surface area is 115 Å². The van der Waals surface area contributed by atoms with Crippen LogP contribution in [0.1, 0.15) is 26.2 Å². The summed E-state index contributed by atoms with van der Waals surface area (Å²) in [7, 11) is 2.02. The first-order chi connectivity index (χ1) is 9.33. The molecule has 5 nitrogen and oxygen atoms in total. The molecule has 1 aliphatic rings. The highest BCUT2D eigenvalue weighted by Crippen LogP contribution is 2.24. The van der Waals surface area contributed by atoms with Gasteiger partial charge < -0.3 is 15.0 Å². The van der Waals surface area contributed by atoms with Gasteiger partial charge in [-0.3, -0.25) is 4.98 Å². The van der Waals surface area contributed by atoms with Gasteiger partial charge in [0.15, 0.2) is 5.82 Å². The predicted molar refractivity (Wildman–Crippen MR) is 76.7 cm³/mol. The van der Waals surface area contributed by atoms with E-state index in [2.05, 4.69) is 20.2 Å². The van der Waals surface area contributed by atoms with Crippen LogP contribution in [0.2, 0.25) is 0 Å². The number of piperidine rings is 1. The first-order valence-corrected chi connectivity index (χ1v) is 7.18. The van der Waals surface area contributed by atoms with E-state index in [0.717, 1.165) is 31.4 Å². The smallest absolute Gasteiger partial charge is 0.234 e. The van der Waals surface area contributed by atoms with Gasteiger partial charge in [0, 0.05) is 13.1 Å². The molecule has 0 radical (unpaired) electrons. The van der Waals surface area contributed by atoms with Gasteiger partial charge in [0.2, 0.25) is 5.88 Å². The van der Waals surface area contributed by atoms with Gasteiger partial charge >= 0.3 is 0 Å². The molecule has 0 atom stereocenters. The van der Waals surface area contributed by atoms with Gasteiger partial charge in [-0.1, -0.05) is 0 Å². The Bertz CT molecular complexity index is 377. The highest BCUT2D eigenvalue weighted by Gasteiger charge is 2.20. The van der Waals surface area contributed by atoms with E-state index >= 15 is 0 Å². The molecule has 0 saturated carbocycles. The number of hydrogen-bond donors (Lipinski definition) is 1. The van der Waals surface area contributed by atoms with E-state index in [4.69, 9.17) is 4.74 Å². The molecule has 1 aromatic rings. The lowest BCUT2D eigenvalue weighted by Gasteiger charge is -2.32. The minimum atomic E-state index is 0.623. The number of ether oxygens (including phenoxy) is 1. The van der Waals surface area contributed by atoms with Crippen LogP contribution in [0.3, 0.4) is 0 Å². The second-order valence-electron chi connectivity index (χ2n) is 4.97. The fourth-order valence-corrected chi connectivity index (χ4v) is 2.51. The van der Waals surface area contributed by atoms with Crippen LogP contribution in [0.15, 0.2) is 12.4 Å². The van der Waals surface area contributed by atoms with E-state index in [1.54, 1.807) is 6.20 Å². The van der Waals surface area contributed by atoms with Crippen LogP contribution in [-0.2, 0) is 0 Å². The third-order valence-corrected chi connectivity index (χ3v) is 3.63. The Morgan fingerprint density at radius 3 is 2.84 bits per heavy atom. The molecule has 0 aliphatic carbocycles. The van der Waals surface area contributed by atoms with Crippen molar-refractivity contribution in [3.05, 3.63) is 12.4 Å². The van der Waals surface area contributed by atoms with Crippen molar-refractivity contribution in [3.8, 4) is 5.88 Å². The molecule has 0 unspecified atom stereocenters. The fraction of sp³-hybridized carbons (Fsp3) is 0.714. The molecule has 1 saturated heterocycles. The molecule has 1 aromatic heterocycles. The molecule has 5 heteroatoms. The monoisotopic (exact) mass is 264 g/mol. The molecule has 2 rings (SSSR count). The van der Waals surface area contributed by atoms with Crippen LogP contribution < -0.4 is 15.0 Å². The summed E-state index contributed by atoms with van der Waals surface area (Å²) in [5.41, 5.74) is 0. The average molecular weight is 264 g/mol. The maximum Gasteiger partial charge on any atom is 0.234 e. The number of anilines is 1. The first kappa shape index (κ1) is 14.1. The highest BCUT2D eigenvalue weighted by molar-refractivity contribution is 5.37. The topological polar surface area (TPSA) is 50.3 Å². The zero-order valence-corrected chi connectivity index (χ0v) is 11.9. The van der Waals surface area contributed by atoms with Gasteiger partial charge in [-0.25, -0.2) is 0 Å². The van der Waals surface area contributed by atoms with Gasteiger partial charge in [0.05, 0.1) is 19.0 Å². The molecule has 0 amide bonds. The van der Waals surface area contributed by atoms with E-state index in [9.17, 15) is 0 Å². The standard InChI is InChI=1S/C14H24N4O/c1-3-19-14-11-16-10-13(17-14)18-8-5-12(6-9-18)4-7-15-2/h10-12,15H,3-9H2,1-2H3. The number of nitrogens with one attached hydrogen (secondary N) is 1. The Hall–Kier alpha value is -1.36. The Kier molecular flexibility index (Phi) is 5.39. The van der Waals surface area contributed by atoms with Crippen molar-refractivity contribution in [3.63, 3.8) is 0 Å². The second kappa shape index (κ2) is 7.28. The quantitative estimate of drug-likeness (QED) is 0.847. The Balaban J connectivity index is 1.88. The van der Waals surface area contributed by atoms with Crippen molar-refractivity contribution in [2.45, 2.75) is 26.2 Å². The fourth-order valence-electron chi connectivity index (χ4n) is 2.51. The van der Waals surface area contributed by atoms with E-state index in [1.165, 1.54) is 19.3 Å². The number of nitrogens with zero attached hydrogens (tertiary/aromatic N) is 3. The number of aromatic nitrogens is 2. The van der Waals surface area contributed by atoms with Crippen molar-refractivity contribution in [1.29, 1.82) is 0 Å². The van der Waals surface area contributed by atoms with Gasteiger partial charge in [-0.05, 0) is 45.7 Å². The van der Waals surface area contributed by atoms with E-state index in [0.29, 0.717) is 12.5 Å². The van der Waals surface area contributed by atoms with Crippen molar-refractivity contribution in [2.24, 2.45) is 5.92 Å². The maximum absolute atomic E-state index is 5.40. The minimum absolute atomic E-state index is 0.623. The largest absolute Gasteiger partial charge is 0.477 e. The van der Waals surface area contributed by atoms with E-state index in [1.807, 2.05) is 20.2 Å². The molecule has 0 aromatic carbocycles. The molecular formula is C14H24N4O. The summed E-state index contributed by atoms with van der Waals surface area (Å²) >= 11 is 0. The van der Waals surface area contributed by atoms with Gasteiger partial charge in [0.25, 0.3) is 0 Å². The lowest BCUT2D eigenvalue weighted by Crippen LogP contribution is -2.35. The van der Waals surface area contributed by atoms with E-state index < -0.39 is 0 Å². The molecular weight excluding hydrogens is 240 g/mol. The first-order valence-electron chi connectivity index (χ1n) is 7.18. The molecule has 0 bridgehead atoms. The lowest BCUT2D eigenvalue weighted by atomic mass is 9.93. The van der Waals surface area contributed by atoms with Crippen molar-refractivity contribution >= 4 is 5.82 Å². The molecule has 19 heavy (non-hydrogen) atoms. The number of hydrogen-bond acceptors (Lipinski definition) is 5. The molecule has 2 heterocycles. The lowest BCUT2D eigenvalue weighted by molar-refractivity contribution is 0.324. The summed E-state index contributed by atoms with van der Waals surface area (Å²) in [6.07, 6.45) is 7.25. The van der Waals surface area contributed by atoms with Crippen LogP contribution in [0.25, 0.3) is 0 Å². The Morgan fingerprint density at radius 1 is 1.37 bits per heavy atom. The highest BCUT2D eigenvalue weighted by atomic mass is 16.5. The minimum Gasteiger partial charge on any atom is -0.477 e. The molecule has 1 fully saturated rings. The molecule has 0 spiro atoms. The molecule has 1 N–H and O–H groups in total. The van der Waals surface area contributed by atoms with Crippen molar-refractivity contribution in [1.82, 2.24) is 15.3 Å². The zero-order chi connectivity index (χ0) is 13.5. The normalized spacial score (nSPS) is 16.6. The van der Waals surface area contributed by atoms with Crippen LogP contribution in [0.4, 0.5) is 5.82 Å². The summed E-state index contributed by atoms with van der Waals surface area (Å²) < 4.78 is 5.40. The summed E-state index contributed by atoms with van der Waals surface area (Å²) in [5.74, 6) is 2.40. The molecule has 106 valence electrons. The van der Waals surface area contributed by atoms with Gasteiger partial charge in [0.1, 0.15) is 0 Å². The van der Waals surface area contributed by atoms with Crippen LogP contribution in [0.5, 0.6) is 5.88 Å². The third-order valence-electron chi connectivity index (χ3n) is 3.63.